The molecular formula is C14H24N2O5. The summed E-state index contributed by atoms with van der Waals surface area (Å²) < 4.78 is 9.67. The molecule has 0 aliphatic rings. The van der Waals surface area contributed by atoms with Crippen LogP contribution in [-0.2, 0) is 19.1 Å². The van der Waals surface area contributed by atoms with Crippen molar-refractivity contribution >= 4 is 18.0 Å². The van der Waals surface area contributed by atoms with Crippen LogP contribution in [0.2, 0.25) is 0 Å². The molecule has 2 amide bonds. The highest BCUT2D eigenvalue weighted by molar-refractivity contribution is 5.91. The minimum absolute atomic E-state index is 0.0681. The second-order valence-corrected chi connectivity index (χ2v) is 4.89. The molecule has 0 aliphatic heterocycles. The molecule has 0 heterocycles. The number of urea groups is 1. The summed E-state index contributed by atoms with van der Waals surface area (Å²) in [5.41, 5.74) is 0. The van der Waals surface area contributed by atoms with Crippen molar-refractivity contribution in [2.45, 2.75) is 46.3 Å². The minimum Gasteiger partial charge on any atom is -0.462 e. The normalized spacial score (nSPS) is 10.8. The molecule has 0 fully saturated rings. The Balaban J connectivity index is 3.69. The first-order chi connectivity index (χ1) is 9.81. The van der Waals surface area contributed by atoms with E-state index in [0.717, 1.165) is 12.2 Å². The number of rotatable bonds is 8. The summed E-state index contributed by atoms with van der Waals surface area (Å²) >= 11 is 0. The van der Waals surface area contributed by atoms with Crippen molar-refractivity contribution in [1.29, 1.82) is 0 Å². The smallest absolute Gasteiger partial charge is 0.331 e. The van der Waals surface area contributed by atoms with E-state index in [4.69, 9.17) is 9.47 Å². The number of hydrogen-bond acceptors (Lipinski definition) is 5. The number of carbonyl (C=O) groups is 3. The number of esters is 2. The standard InChI is InChI=1S/C14H24N2O5/c1-10(2)16-14(19)15-8-5-9-20-12(17)6-7-13(18)21-11(3)4/h6-7,10-11H,5,8-9H2,1-4H3,(H2,15,16,19)/b7-6+. The molecule has 7 nitrogen and oxygen atoms in total. The van der Waals surface area contributed by atoms with E-state index in [1.54, 1.807) is 13.8 Å². The van der Waals surface area contributed by atoms with Crippen molar-refractivity contribution in [1.82, 2.24) is 10.6 Å². The first-order valence-corrected chi connectivity index (χ1v) is 6.91. The zero-order valence-corrected chi connectivity index (χ0v) is 13.0. The van der Waals surface area contributed by atoms with Gasteiger partial charge < -0.3 is 20.1 Å². The highest BCUT2D eigenvalue weighted by atomic mass is 16.5. The summed E-state index contributed by atoms with van der Waals surface area (Å²) in [5, 5.41) is 5.30. The van der Waals surface area contributed by atoms with Crippen LogP contribution < -0.4 is 10.6 Å². The molecule has 0 aromatic heterocycles. The predicted octanol–water partition coefficient (Wildman–Crippen LogP) is 1.14. The lowest BCUT2D eigenvalue weighted by atomic mass is 10.4. The Hall–Kier alpha value is -2.05. The van der Waals surface area contributed by atoms with E-state index in [2.05, 4.69) is 10.6 Å². The van der Waals surface area contributed by atoms with Crippen LogP contribution in [0.15, 0.2) is 12.2 Å². The quantitative estimate of drug-likeness (QED) is 0.398. The van der Waals surface area contributed by atoms with E-state index in [0.29, 0.717) is 13.0 Å². The van der Waals surface area contributed by atoms with Crippen molar-refractivity contribution in [2.75, 3.05) is 13.2 Å². The molecule has 0 unspecified atom stereocenters. The number of amides is 2. The van der Waals surface area contributed by atoms with Crippen LogP contribution in [0, 0.1) is 0 Å². The Morgan fingerprint density at radius 1 is 1.05 bits per heavy atom. The largest absolute Gasteiger partial charge is 0.462 e. The molecule has 0 spiro atoms. The zero-order chi connectivity index (χ0) is 16.3. The number of hydrogen-bond donors (Lipinski definition) is 2. The van der Waals surface area contributed by atoms with E-state index >= 15 is 0 Å². The zero-order valence-electron chi connectivity index (χ0n) is 13.0. The summed E-state index contributed by atoms with van der Waals surface area (Å²) in [5.74, 6) is -1.21. The van der Waals surface area contributed by atoms with Crippen molar-refractivity contribution in [3.8, 4) is 0 Å². The lowest BCUT2D eigenvalue weighted by molar-refractivity contribution is -0.142. The number of nitrogens with one attached hydrogen (secondary N) is 2. The molecule has 120 valence electrons. The molecule has 2 N–H and O–H groups in total. The summed E-state index contributed by atoms with van der Waals surface area (Å²) in [7, 11) is 0. The van der Waals surface area contributed by atoms with E-state index in [1.165, 1.54) is 0 Å². The van der Waals surface area contributed by atoms with Crippen LogP contribution in [0.3, 0.4) is 0 Å². The fourth-order valence-electron chi connectivity index (χ4n) is 1.22. The Kier molecular flexibility index (Phi) is 9.66. The van der Waals surface area contributed by atoms with E-state index in [1.807, 2.05) is 13.8 Å². The Morgan fingerprint density at radius 3 is 2.24 bits per heavy atom. The minimum atomic E-state index is -0.623. The maximum absolute atomic E-state index is 11.3. The second kappa shape index (κ2) is 10.7. The van der Waals surface area contributed by atoms with Crippen LogP contribution in [0.5, 0.6) is 0 Å². The van der Waals surface area contributed by atoms with Crippen molar-refractivity contribution in [3.63, 3.8) is 0 Å². The molecule has 0 atom stereocenters. The molecule has 0 bridgehead atoms. The Labute approximate surface area is 125 Å². The average Bonchev–Trinajstić information content (AvgIpc) is 2.34. The predicted molar refractivity (Wildman–Crippen MR) is 77.6 cm³/mol. The third-order valence-electron chi connectivity index (χ3n) is 1.98. The molecule has 0 radical (unpaired) electrons. The first kappa shape index (κ1) is 18.9. The number of carbonyl (C=O) groups excluding carboxylic acids is 3. The lowest BCUT2D eigenvalue weighted by Gasteiger charge is -2.09. The van der Waals surface area contributed by atoms with Gasteiger partial charge in [-0.3, -0.25) is 0 Å². The van der Waals surface area contributed by atoms with Gasteiger partial charge in [0.25, 0.3) is 0 Å². The van der Waals surface area contributed by atoms with Crippen molar-refractivity contribution in [3.05, 3.63) is 12.2 Å². The van der Waals surface area contributed by atoms with E-state index in [-0.39, 0.29) is 24.8 Å². The van der Waals surface area contributed by atoms with Gasteiger partial charge in [0.2, 0.25) is 0 Å². The van der Waals surface area contributed by atoms with E-state index in [9.17, 15) is 14.4 Å². The van der Waals surface area contributed by atoms with Gasteiger partial charge in [0.05, 0.1) is 12.7 Å². The van der Waals surface area contributed by atoms with Crippen molar-refractivity contribution in [2.24, 2.45) is 0 Å². The summed E-state index contributed by atoms with van der Waals surface area (Å²) in [6, 6.07) is -0.189. The molecular weight excluding hydrogens is 276 g/mol. The summed E-state index contributed by atoms with van der Waals surface area (Å²) in [4.78, 5) is 33.6. The Bertz CT molecular complexity index is 378. The van der Waals surface area contributed by atoms with E-state index < -0.39 is 11.9 Å². The maximum atomic E-state index is 11.3. The van der Waals surface area contributed by atoms with Gasteiger partial charge in [0.1, 0.15) is 0 Å². The Morgan fingerprint density at radius 2 is 1.67 bits per heavy atom. The van der Waals surface area contributed by atoms with Crippen LogP contribution in [0.25, 0.3) is 0 Å². The van der Waals surface area contributed by atoms with Gasteiger partial charge in [-0.25, -0.2) is 14.4 Å². The van der Waals surface area contributed by atoms with Gasteiger partial charge in [0.15, 0.2) is 0 Å². The average molecular weight is 300 g/mol. The van der Waals surface area contributed by atoms with Crippen LogP contribution in [0.4, 0.5) is 4.79 Å². The van der Waals surface area contributed by atoms with Gasteiger partial charge in [-0.2, -0.15) is 0 Å². The van der Waals surface area contributed by atoms with Crippen molar-refractivity contribution < 1.29 is 23.9 Å². The SMILES string of the molecule is CC(C)NC(=O)NCCCOC(=O)/C=C/C(=O)OC(C)C. The van der Waals surface area contributed by atoms with Gasteiger partial charge in [-0.1, -0.05) is 0 Å². The monoisotopic (exact) mass is 300 g/mol. The fourth-order valence-corrected chi connectivity index (χ4v) is 1.22. The van der Waals surface area contributed by atoms with Crippen LogP contribution >= 0.6 is 0 Å². The lowest BCUT2D eigenvalue weighted by Crippen LogP contribution is -2.40. The molecule has 0 aromatic rings. The third kappa shape index (κ3) is 12.7. The number of ether oxygens (including phenoxy) is 2. The van der Waals surface area contributed by atoms with Crippen LogP contribution in [-0.4, -0.2) is 43.3 Å². The molecule has 7 heteroatoms. The summed E-state index contributed by atoms with van der Waals surface area (Å²) in [6.45, 7) is 7.70. The fraction of sp³-hybridized carbons (Fsp3) is 0.643. The second-order valence-electron chi connectivity index (χ2n) is 4.89. The first-order valence-electron chi connectivity index (χ1n) is 6.91. The molecule has 0 aliphatic carbocycles. The third-order valence-corrected chi connectivity index (χ3v) is 1.98. The highest BCUT2D eigenvalue weighted by Gasteiger charge is 2.04. The van der Waals surface area contributed by atoms with Gasteiger partial charge in [-0.15, -0.1) is 0 Å². The molecule has 21 heavy (non-hydrogen) atoms. The van der Waals surface area contributed by atoms with Gasteiger partial charge in [-0.05, 0) is 34.1 Å². The molecule has 0 saturated carbocycles. The molecule has 0 aromatic carbocycles. The van der Waals surface area contributed by atoms with Gasteiger partial charge in [0, 0.05) is 24.7 Å². The maximum Gasteiger partial charge on any atom is 0.331 e. The topological polar surface area (TPSA) is 93.7 Å². The molecule has 0 rings (SSSR count). The molecule has 0 saturated heterocycles. The van der Waals surface area contributed by atoms with Gasteiger partial charge >= 0.3 is 18.0 Å². The van der Waals surface area contributed by atoms with Crippen LogP contribution in [0.1, 0.15) is 34.1 Å². The highest BCUT2D eigenvalue weighted by Crippen LogP contribution is 1.92. The summed E-state index contributed by atoms with van der Waals surface area (Å²) in [6.07, 6.45) is 2.29.